The number of benzene rings is 2. The van der Waals surface area contributed by atoms with Crippen molar-refractivity contribution in [3.63, 3.8) is 0 Å². The Balaban J connectivity index is 2.16. The van der Waals surface area contributed by atoms with E-state index in [9.17, 15) is 9.59 Å². The standard InChI is InChI=1S/C20H25N3O3/c1-4-7-18(19(24)21-2)23-20(25)22-17-9-6-5-8-16(17)14-10-12-15(26-3)13-11-14/h5-6,8-13,18H,4,7H2,1-3H3,(H,21,24)(H2,22,23,25). The van der Waals surface area contributed by atoms with E-state index in [4.69, 9.17) is 4.74 Å². The number of likely N-dealkylation sites (N-methyl/N-ethyl adjacent to an activating group) is 1. The maximum Gasteiger partial charge on any atom is 0.319 e. The third-order valence-corrected chi connectivity index (χ3v) is 4.02. The molecular weight excluding hydrogens is 330 g/mol. The molecule has 0 aliphatic heterocycles. The van der Waals surface area contributed by atoms with Crippen LogP contribution in [-0.2, 0) is 4.79 Å². The molecule has 0 fully saturated rings. The van der Waals surface area contributed by atoms with E-state index in [-0.39, 0.29) is 5.91 Å². The Morgan fingerprint density at radius 1 is 1.08 bits per heavy atom. The van der Waals surface area contributed by atoms with Gasteiger partial charge in [-0.25, -0.2) is 4.79 Å². The van der Waals surface area contributed by atoms with Gasteiger partial charge in [-0.3, -0.25) is 4.79 Å². The Hall–Kier alpha value is -3.02. The first-order valence-corrected chi connectivity index (χ1v) is 8.61. The Kier molecular flexibility index (Phi) is 7.02. The number of anilines is 1. The number of hydrogen-bond acceptors (Lipinski definition) is 3. The second kappa shape index (κ2) is 9.46. The number of hydrogen-bond donors (Lipinski definition) is 3. The summed E-state index contributed by atoms with van der Waals surface area (Å²) in [4.78, 5) is 24.3. The van der Waals surface area contributed by atoms with Crippen molar-refractivity contribution < 1.29 is 14.3 Å². The molecule has 6 heteroatoms. The lowest BCUT2D eigenvalue weighted by molar-refractivity contribution is -0.122. The fourth-order valence-corrected chi connectivity index (χ4v) is 2.66. The summed E-state index contributed by atoms with van der Waals surface area (Å²) in [6.45, 7) is 1.97. The molecule has 1 atom stereocenters. The van der Waals surface area contributed by atoms with Gasteiger partial charge in [0.2, 0.25) is 5.91 Å². The van der Waals surface area contributed by atoms with Gasteiger partial charge in [-0.05, 0) is 30.2 Å². The fourth-order valence-electron chi connectivity index (χ4n) is 2.66. The highest BCUT2D eigenvalue weighted by molar-refractivity contribution is 5.97. The van der Waals surface area contributed by atoms with Gasteiger partial charge in [0, 0.05) is 12.6 Å². The van der Waals surface area contributed by atoms with Gasteiger partial charge in [-0.15, -0.1) is 0 Å². The summed E-state index contributed by atoms with van der Waals surface area (Å²) in [6.07, 6.45) is 1.37. The highest BCUT2D eigenvalue weighted by Gasteiger charge is 2.19. The summed E-state index contributed by atoms with van der Waals surface area (Å²) in [5, 5.41) is 8.15. The molecule has 6 nitrogen and oxygen atoms in total. The summed E-state index contributed by atoms with van der Waals surface area (Å²) in [5.41, 5.74) is 2.51. The zero-order valence-corrected chi connectivity index (χ0v) is 15.3. The molecule has 0 aliphatic rings. The number of nitrogens with one attached hydrogen (secondary N) is 3. The van der Waals surface area contributed by atoms with Crippen LogP contribution < -0.4 is 20.7 Å². The smallest absolute Gasteiger partial charge is 0.319 e. The number of carbonyl (C=O) groups excluding carboxylic acids is 2. The van der Waals surface area contributed by atoms with Crippen molar-refractivity contribution in [2.75, 3.05) is 19.5 Å². The molecule has 0 heterocycles. The van der Waals surface area contributed by atoms with E-state index in [0.717, 1.165) is 23.3 Å². The molecule has 3 amide bonds. The summed E-state index contributed by atoms with van der Waals surface area (Å²) >= 11 is 0. The van der Waals surface area contributed by atoms with Crippen molar-refractivity contribution in [2.24, 2.45) is 0 Å². The monoisotopic (exact) mass is 355 g/mol. The van der Waals surface area contributed by atoms with Crippen LogP contribution in [0.1, 0.15) is 19.8 Å². The van der Waals surface area contributed by atoms with E-state index in [1.165, 1.54) is 0 Å². The van der Waals surface area contributed by atoms with Crippen LogP contribution in [0, 0.1) is 0 Å². The molecule has 3 N–H and O–H groups in total. The molecule has 26 heavy (non-hydrogen) atoms. The number of ether oxygens (including phenoxy) is 1. The number of urea groups is 1. The lowest BCUT2D eigenvalue weighted by Gasteiger charge is -2.18. The minimum atomic E-state index is -0.557. The first-order chi connectivity index (χ1) is 12.6. The summed E-state index contributed by atoms with van der Waals surface area (Å²) in [7, 11) is 3.18. The molecule has 0 radical (unpaired) electrons. The van der Waals surface area contributed by atoms with E-state index in [1.807, 2.05) is 55.5 Å². The minimum absolute atomic E-state index is 0.203. The summed E-state index contributed by atoms with van der Waals surface area (Å²) < 4.78 is 5.18. The number of rotatable bonds is 7. The SMILES string of the molecule is CCCC(NC(=O)Nc1ccccc1-c1ccc(OC)cc1)C(=O)NC. The number of amides is 3. The average Bonchev–Trinajstić information content (AvgIpc) is 2.67. The zero-order valence-electron chi connectivity index (χ0n) is 15.3. The molecule has 0 aromatic heterocycles. The predicted octanol–water partition coefficient (Wildman–Crippen LogP) is 3.40. The van der Waals surface area contributed by atoms with Gasteiger partial charge < -0.3 is 20.7 Å². The molecule has 0 saturated heterocycles. The van der Waals surface area contributed by atoms with Gasteiger partial charge in [0.1, 0.15) is 11.8 Å². The van der Waals surface area contributed by atoms with Gasteiger partial charge >= 0.3 is 6.03 Å². The van der Waals surface area contributed by atoms with Crippen molar-refractivity contribution in [3.8, 4) is 16.9 Å². The zero-order chi connectivity index (χ0) is 18.9. The van der Waals surface area contributed by atoms with Crippen LogP contribution in [-0.4, -0.2) is 32.1 Å². The van der Waals surface area contributed by atoms with E-state index >= 15 is 0 Å². The van der Waals surface area contributed by atoms with Gasteiger partial charge in [0.15, 0.2) is 0 Å². The van der Waals surface area contributed by atoms with Crippen LogP contribution in [0.5, 0.6) is 5.75 Å². The number of methoxy groups -OCH3 is 1. The quantitative estimate of drug-likeness (QED) is 0.712. The Labute approximate surface area is 153 Å². The van der Waals surface area contributed by atoms with Gasteiger partial charge in [0.25, 0.3) is 0 Å². The highest BCUT2D eigenvalue weighted by atomic mass is 16.5. The largest absolute Gasteiger partial charge is 0.497 e. The van der Waals surface area contributed by atoms with E-state index in [2.05, 4.69) is 16.0 Å². The van der Waals surface area contributed by atoms with Gasteiger partial charge in [-0.2, -0.15) is 0 Å². The van der Waals surface area contributed by atoms with E-state index in [1.54, 1.807) is 14.2 Å². The third kappa shape index (κ3) is 4.99. The van der Waals surface area contributed by atoms with Crippen molar-refractivity contribution >= 4 is 17.6 Å². The molecule has 2 rings (SSSR count). The average molecular weight is 355 g/mol. The van der Waals surface area contributed by atoms with Gasteiger partial charge in [0.05, 0.1) is 12.8 Å². The Morgan fingerprint density at radius 2 is 1.77 bits per heavy atom. The van der Waals surface area contributed by atoms with Crippen molar-refractivity contribution in [1.29, 1.82) is 0 Å². The maximum atomic E-state index is 12.4. The highest BCUT2D eigenvalue weighted by Crippen LogP contribution is 2.29. The van der Waals surface area contributed by atoms with Crippen LogP contribution in [0.25, 0.3) is 11.1 Å². The van der Waals surface area contributed by atoms with Gasteiger partial charge in [-0.1, -0.05) is 43.7 Å². The van der Waals surface area contributed by atoms with Crippen LogP contribution >= 0.6 is 0 Å². The summed E-state index contributed by atoms with van der Waals surface area (Å²) in [6, 6.07) is 14.2. The lowest BCUT2D eigenvalue weighted by Crippen LogP contribution is -2.47. The molecule has 138 valence electrons. The Bertz CT molecular complexity index is 744. The van der Waals surface area contributed by atoms with E-state index in [0.29, 0.717) is 12.1 Å². The molecule has 0 spiro atoms. The van der Waals surface area contributed by atoms with Crippen molar-refractivity contribution in [2.45, 2.75) is 25.8 Å². The molecule has 0 aliphatic carbocycles. The third-order valence-electron chi connectivity index (χ3n) is 4.02. The van der Waals surface area contributed by atoms with Crippen LogP contribution in [0.15, 0.2) is 48.5 Å². The molecule has 2 aromatic rings. The van der Waals surface area contributed by atoms with Crippen molar-refractivity contribution in [1.82, 2.24) is 10.6 Å². The second-order valence-corrected chi connectivity index (χ2v) is 5.83. The van der Waals surface area contributed by atoms with Crippen LogP contribution in [0.4, 0.5) is 10.5 Å². The molecule has 0 bridgehead atoms. The Morgan fingerprint density at radius 3 is 2.38 bits per heavy atom. The van der Waals surface area contributed by atoms with Crippen LogP contribution in [0.2, 0.25) is 0 Å². The second-order valence-electron chi connectivity index (χ2n) is 5.83. The number of para-hydroxylation sites is 1. The van der Waals surface area contributed by atoms with Crippen LogP contribution in [0.3, 0.4) is 0 Å². The minimum Gasteiger partial charge on any atom is -0.497 e. The predicted molar refractivity (Wildman–Crippen MR) is 103 cm³/mol. The normalized spacial score (nSPS) is 11.3. The number of carbonyl (C=O) groups is 2. The maximum absolute atomic E-state index is 12.4. The molecule has 0 saturated carbocycles. The molecular formula is C20H25N3O3. The van der Waals surface area contributed by atoms with E-state index < -0.39 is 12.1 Å². The first kappa shape index (κ1) is 19.3. The topological polar surface area (TPSA) is 79.5 Å². The van der Waals surface area contributed by atoms with Crippen molar-refractivity contribution in [3.05, 3.63) is 48.5 Å². The molecule has 2 aromatic carbocycles. The lowest BCUT2D eigenvalue weighted by atomic mass is 10.0. The fraction of sp³-hybridized carbons (Fsp3) is 0.300. The summed E-state index contributed by atoms with van der Waals surface area (Å²) in [5.74, 6) is 0.565. The first-order valence-electron chi connectivity index (χ1n) is 8.61. The molecule has 1 unspecified atom stereocenters.